The molecule has 0 spiro atoms. The van der Waals surface area contributed by atoms with Gasteiger partial charge in [-0.05, 0) is 37.9 Å². The van der Waals surface area contributed by atoms with Crippen LogP contribution in [0.25, 0.3) is 0 Å². The van der Waals surface area contributed by atoms with Crippen molar-refractivity contribution in [2.45, 2.75) is 82.8 Å². The number of thioether (sulfide) groups is 1. The fourth-order valence-corrected chi connectivity index (χ4v) is 4.42. The van der Waals surface area contributed by atoms with E-state index in [1.165, 1.54) is 19.3 Å². The number of carbonyl (C=O) groups excluding carboxylic acids is 1. The maximum absolute atomic E-state index is 12.8. The van der Waals surface area contributed by atoms with Gasteiger partial charge in [0.2, 0.25) is 5.91 Å². The lowest BCUT2D eigenvalue weighted by Gasteiger charge is -2.30. The largest absolute Gasteiger partial charge is 0.323 e. The van der Waals surface area contributed by atoms with Gasteiger partial charge in [-0.2, -0.15) is 11.8 Å². The van der Waals surface area contributed by atoms with Gasteiger partial charge in [-0.15, -0.1) is 0 Å². The monoisotopic (exact) mass is 298 g/mol. The number of rotatable bonds is 6. The molecule has 5 unspecified atom stereocenters. The van der Waals surface area contributed by atoms with Gasteiger partial charge in [0.05, 0.1) is 12.2 Å². The molecule has 1 heterocycles. The average molecular weight is 298 g/mol. The summed E-state index contributed by atoms with van der Waals surface area (Å²) in [5.74, 6) is 0.800. The van der Waals surface area contributed by atoms with Crippen molar-refractivity contribution in [2.24, 2.45) is 5.92 Å². The van der Waals surface area contributed by atoms with Gasteiger partial charge >= 0.3 is 0 Å². The summed E-state index contributed by atoms with van der Waals surface area (Å²) in [5.41, 5.74) is 0. The van der Waals surface area contributed by atoms with Crippen molar-refractivity contribution in [3.8, 4) is 0 Å². The molecular weight excluding hydrogens is 268 g/mol. The summed E-state index contributed by atoms with van der Waals surface area (Å²) in [5, 5.41) is 4.37. The topological polar surface area (TPSA) is 32.3 Å². The molecule has 4 heteroatoms. The molecule has 0 bridgehead atoms. The van der Waals surface area contributed by atoms with Crippen molar-refractivity contribution in [1.82, 2.24) is 10.2 Å². The van der Waals surface area contributed by atoms with Crippen molar-refractivity contribution in [3.05, 3.63) is 0 Å². The van der Waals surface area contributed by atoms with E-state index in [0.717, 1.165) is 24.5 Å². The zero-order valence-electron chi connectivity index (χ0n) is 13.4. The number of nitrogens with one attached hydrogen (secondary N) is 1. The predicted molar refractivity (Wildman–Crippen MR) is 86.9 cm³/mol. The van der Waals surface area contributed by atoms with Gasteiger partial charge in [0.15, 0.2) is 0 Å². The Bertz CT molecular complexity index is 336. The Morgan fingerprint density at radius 3 is 2.70 bits per heavy atom. The standard InChI is InChI=1S/C16H30N2OS/c1-5-7-14-17-15(11(3)6-2)16(19)18(14)12-8-9-13(10-12)20-4/h11-15,17H,5-10H2,1-4H3. The van der Waals surface area contributed by atoms with E-state index in [1.54, 1.807) is 0 Å². The van der Waals surface area contributed by atoms with Crippen LogP contribution in [0.2, 0.25) is 0 Å². The highest BCUT2D eigenvalue weighted by molar-refractivity contribution is 7.99. The molecule has 1 aliphatic carbocycles. The van der Waals surface area contributed by atoms with Gasteiger partial charge < -0.3 is 4.90 Å². The van der Waals surface area contributed by atoms with Gasteiger partial charge in [0.25, 0.3) is 0 Å². The van der Waals surface area contributed by atoms with E-state index in [9.17, 15) is 4.79 Å². The molecule has 5 atom stereocenters. The number of amides is 1. The Hall–Kier alpha value is -0.220. The summed E-state index contributed by atoms with van der Waals surface area (Å²) in [6.07, 6.45) is 9.39. The summed E-state index contributed by atoms with van der Waals surface area (Å²) in [6, 6.07) is 0.517. The first kappa shape index (κ1) is 16.2. The number of nitrogens with zero attached hydrogens (tertiary/aromatic N) is 1. The minimum absolute atomic E-state index is 0.0462. The van der Waals surface area contributed by atoms with Crippen LogP contribution >= 0.6 is 11.8 Å². The van der Waals surface area contributed by atoms with E-state index < -0.39 is 0 Å². The fourth-order valence-electron chi connectivity index (χ4n) is 3.63. The van der Waals surface area contributed by atoms with Crippen LogP contribution in [-0.4, -0.2) is 40.6 Å². The minimum Gasteiger partial charge on any atom is -0.323 e. The number of carbonyl (C=O) groups is 1. The summed E-state index contributed by atoms with van der Waals surface area (Å²) in [6.45, 7) is 6.58. The highest BCUT2D eigenvalue weighted by Crippen LogP contribution is 2.35. The first-order valence-electron chi connectivity index (χ1n) is 8.23. The van der Waals surface area contributed by atoms with E-state index in [1.807, 2.05) is 11.8 Å². The maximum atomic E-state index is 12.8. The van der Waals surface area contributed by atoms with Crippen molar-refractivity contribution >= 4 is 17.7 Å². The lowest BCUT2D eigenvalue weighted by atomic mass is 9.99. The lowest BCUT2D eigenvalue weighted by Crippen LogP contribution is -2.43. The molecule has 1 amide bonds. The van der Waals surface area contributed by atoms with E-state index in [0.29, 0.717) is 17.9 Å². The highest BCUT2D eigenvalue weighted by atomic mass is 32.2. The first-order chi connectivity index (χ1) is 9.62. The summed E-state index contributed by atoms with van der Waals surface area (Å²) < 4.78 is 0. The highest BCUT2D eigenvalue weighted by Gasteiger charge is 2.45. The predicted octanol–water partition coefficient (Wildman–Crippen LogP) is 3.24. The van der Waals surface area contributed by atoms with Gasteiger partial charge in [0.1, 0.15) is 0 Å². The zero-order valence-corrected chi connectivity index (χ0v) is 14.2. The summed E-state index contributed by atoms with van der Waals surface area (Å²) in [7, 11) is 0. The zero-order chi connectivity index (χ0) is 14.7. The van der Waals surface area contributed by atoms with Crippen LogP contribution in [-0.2, 0) is 4.79 Å². The number of hydrogen-bond acceptors (Lipinski definition) is 3. The third-order valence-corrected chi connectivity index (χ3v) is 6.18. The van der Waals surface area contributed by atoms with Gasteiger partial charge in [-0.1, -0.05) is 33.6 Å². The van der Waals surface area contributed by atoms with Gasteiger partial charge in [-0.25, -0.2) is 0 Å². The van der Waals surface area contributed by atoms with E-state index in [-0.39, 0.29) is 12.2 Å². The second-order valence-electron chi connectivity index (χ2n) is 6.40. The van der Waals surface area contributed by atoms with Crippen molar-refractivity contribution < 1.29 is 4.79 Å². The molecule has 1 aliphatic heterocycles. The van der Waals surface area contributed by atoms with Crippen molar-refractivity contribution in [1.29, 1.82) is 0 Å². The molecule has 1 N–H and O–H groups in total. The smallest absolute Gasteiger partial charge is 0.241 e. The quantitative estimate of drug-likeness (QED) is 0.817. The van der Waals surface area contributed by atoms with Crippen molar-refractivity contribution in [2.75, 3.05) is 6.26 Å². The van der Waals surface area contributed by atoms with Crippen LogP contribution < -0.4 is 5.32 Å². The average Bonchev–Trinajstić information content (AvgIpc) is 3.03. The van der Waals surface area contributed by atoms with E-state index in [2.05, 4.69) is 37.2 Å². The van der Waals surface area contributed by atoms with Crippen LogP contribution in [0.4, 0.5) is 0 Å². The summed E-state index contributed by atoms with van der Waals surface area (Å²) >= 11 is 1.96. The Morgan fingerprint density at radius 1 is 1.40 bits per heavy atom. The second kappa shape index (κ2) is 7.17. The van der Waals surface area contributed by atoms with Gasteiger partial charge in [0, 0.05) is 11.3 Å². The first-order valence-corrected chi connectivity index (χ1v) is 9.52. The molecule has 0 aromatic heterocycles. The molecule has 0 aromatic rings. The number of hydrogen-bond donors (Lipinski definition) is 1. The third kappa shape index (κ3) is 3.16. The maximum Gasteiger partial charge on any atom is 0.241 e. The Balaban J connectivity index is 2.09. The van der Waals surface area contributed by atoms with Gasteiger partial charge in [-0.3, -0.25) is 10.1 Å². The fraction of sp³-hybridized carbons (Fsp3) is 0.938. The van der Waals surface area contributed by atoms with Crippen LogP contribution in [0.3, 0.4) is 0 Å². The minimum atomic E-state index is 0.0462. The van der Waals surface area contributed by atoms with Crippen LogP contribution in [0.1, 0.15) is 59.3 Å². The summed E-state index contributed by atoms with van der Waals surface area (Å²) in [4.78, 5) is 15.0. The molecule has 2 fully saturated rings. The Kier molecular flexibility index (Phi) is 5.79. The lowest BCUT2D eigenvalue weighted by molar-refractivity contribution is -0.133. The molecule has 1 saturated heterocycles. The molecular formula is C16H30N2OS. The van der Waals surface area contributed by atoms with Crippen molar-refractivity contribution in [3.63, 3.8) is 0 Å². The third-order valence-electron chi connectivity index (χ3n) is 5.09. The molecule has 2 aliphatic rings. The molecule has 3 nitrogen and oxygen atoms in total. The molecule has 0 aromatic carbocycles. The molecule has 0 radical (unpaired) electrons. The van der Waals surface area contributed by atoms with Crippen LogP contribution in [0.15, 0.2) is 0 Å². The Labute approximate surface area is 128 Å². The second-order valence-corrected chi connectivity index (χ2v) is 7.54. The molecule has 2 rings (SSSR count). The van der Waals surface area contributed by atoms with Crippen LogP contribution in [0.5, 0.6) is 0 Å². The van der Waals surface area contributed by atoms with E-state index >= 15 is 0 Å². The van der Waals surface area contributed by atoms with E-state index in [4.69, 9.17) is 0 Å². The Morgan fingerprint density at radius 2 is 2.15 bits per heavy atom. The van der Waals surface area contributed by atoms with Crippen LogP contribution in [0, 0.1) is 5.92 Å². The SMILES string of the molecule is CCCC1NC(C(C)CC)C(=O)N1C1CCC(SC)C1. The molecule has 116 valence electrons. The molecule has 20 heavy (non-hydrogen) atoms. The molecule has 1 saturated carbocycles. The normalized spacial score (nSPS) is 35.8.